The lowest BCUT2D eigenvalue weighted by molar-refractivity contribution is 0.141. The molecule has 1 aromatic rings. The normalized spacial score (nSPS) is 11.6. The highest BCUT2D eigenvalue weighted by Crippen LogP contribution is 2.16. The predicted octanol–water partition coefficient (Wildman–Crippen LogP) is 2.30. The van der Waals surface area contributed by atoms with Crippen molar-refractivity contribution in [2.75, 3.05) is 20.2 Å². The summed E-state index contributed by atoms with van der Waals surface area (Å²) in [5, 5.41) is 3.13. The van der Waals surface area contributed by atoms with E-state index in [4.69, 9.17) is 4.74 Å². The van der Waals surface area contributed by atoms with E-state index in [2.05, 4.69) is 42.9 Å². The number of hydrogen-bond acceptors (Lipinski definition) is 4. The molecule has 1 aromatic heterocycles. The van der Waals surface area contributed by atoms with Crippen LogP contribution in [0.25, 0.3) is 0 Å². The second kappa shape index (κ2) is 8.12. The summed E-state index contributed by atoms with van der Waals surface area (Å²) in [6.07, 6.45) is 3.63. The van der Waals surface area contributed by atoms with Gasteiger partial charge in [-0.1, -0.05) is 0 Å². The molecular weight excluding hydrogens is 238 g/mol. The van der Waals surface area contributed by atoms with Crippen LogP contribution in [0.15, 0.2) is 18.5 Å². The first-order valence-corrected chi connectivity index (χ1v) is 7.02. The monoisotopic (exact) mass is 265 g/mol. The van der Waals surface area contributed by atoms with E-state index in [-0.39, 0.29) is 0 Å². The molecule has 0 radical (unpaired) electrons. The molecule has 0 saturated carbocycles. The number of nitrogens with zero attached hydrogens (tertiary/aromatic N) is 2. The van der Waals surface area contributed by atoms with Crippen molar-refractivity contribution in [3.63, 3.8) is 0 Å². The van der Waals surface area contributed by atoms with Crippen LogP contribution < -0.4 is 10.1 Å². The van der Waals surface area contributed by atoms with Crippen molar-refractivity contribution in [1.82, 2.24) is 15.2 Å². The van der Waals surface area contributed by atoms with Crippen LogP contribution in [0.4, 0.5) is 0 Å². The number of aromatic nitrogens is 1. The Kier molecular flexibility index (Phi) is 6.81. The molecule has 19 heavy (non-hydrogen) atoms. The van der Waals surface area contributed by atoms with E-state index >= 15 is 0 Å². The minimum atomic E-state index is 0.540. The third kappa shape index (κ3) is 5.17. The highest BCUT2D eigenvalue weighted by Gasteiger charge is 2.13. The zero-order valence-electron chi connectivity index (χ0n) is 12.8. The molecule has 108 valence electrons. The summed E-state index contributed by atoms with van der Waals surface area (Å²) >= 11 is 0. The molecule has 1 N–H and O–H groups in total. The average molecular weight is 265 g/mol. The van der Waals surface area contributed by atoms with E-state index in [9.17, 15) is 0 Å². The molecule has 1 heterocycles. The zero-order valence-corrected chi connectivity index (χ0v) is 12.8. The van der Waals surface area contributed by atoms with Crippen LogP contribution >= 0.6 is 0 Å². The molecule has 0 spiro atoms. The largest absolute Gasteiger partial charge is 0.492 e. The van der Waals surface area contributed by atoms with Crippen molar-refractivity contribution in [1.29, 1.82) is 0 Å². The molecular formula is C15H27N3O. The maximum atomic E-state index is 5.90. The van der Waals surface area contributed by atoms with Gasteiger partial charge >= 0.3 is 0 Å². The molecule has 0 aromatic carbocycles. The van der Waals surface area contributed by atoms with E-state index in [0.29, 0.717) is 18.7 Å². The van der Waals surface area contributed by atoms with Gasteiger partial charge in [0.05, 0.1) is 0 Å². The van der Waals surface area contributed by atoms with Gasteiger partial charge in [0.1, 0.15) is 12.4 Å². The molecule has 0 amide bonds. The first-order chi connectivity index (χ1) is 9.06. The fourth-order valence-electron chi connectivity index (χ4n) is 2.25. The summed E-state index contributed by atoms with van der Waals surface area (Å²) in [5.74, 6) is 0.928. The van der Waals surface area contributed by atoms with Crippen molar-refractivity contribution >= 4 is 0 Å². The van der Waals surface area contributed by atoms with Crippen LogP contribution in [0.3, 0.4) is 0 Å². The molecule has 0 bridgehead atoms. The third-order valence-electron chi connectivity index (χ3n) is 3.16. The van der Waals surface area contributed by atoms with Crippen LogP contribution in [0, 0.1) is 0 Å². The fourth-order valence-corrected chi connectivity index (χ4v) is 2.25. The quantitative estimate of drug-likeness (QED) is 0.782. The fraction of sp³-hybridized carbons (Fsp3) is 0.667. The van der Waals surface area contributed by atoms with Gasteiger partial charge < -0.3 is 10.1 Å². The maximum Gasteiger partial charge on any atom is 0.126 e. The Hall–Kier alpha value is -1.13. The van der Waals surface area contributed by atoms with Gasteiger partial charge in [-0.15, -0.1) is 0 Å². The number of pyridine rings is 1. The van der Waals surface area contributed by atoms with E-state index in [1.54, 1.807) is 6.20 Å². The summed E-state index contributed by atoms with van der Waals surface area (Å²) in [6.45, 7) is 11.3. The second-order valence-electron chi connectivity index (χ2n) is 5.29. The van der Waals surface area contributed by atoms with Gasteiger partial charge in [0.2, 0.25) is 0 Å². The van der Waals surface area contributed by atoms with Gasteiger partial charge in [-0.2, -0.15) is 0 Å². The van der Waals surface area contributed by atoms with Gasteiger partial charge in [0, 0.05) is 43.1 Å². The predicted molar refractivity (Wildman–Crippen MR) is 79.5 cm³/mol. The van der Waals surface area contributed by atoms with Gasteiger partial charge in [0.15, 0.2) is 0 Å². The Balaban J connectivity index is 2.52. The number of hydrogen-bond donors (Lipinski definition) is 1. The molecule has 0 aliphatic carbocycles. The van der Waals surface area contributed by atoms with Gasteiger partial charge in [-0.25, -0.2) is 0 Å². The first-order valence-electron chi connectivity index (χ1n) is 7.02. The van der Waals surface area contributed by atoms with Crippen molar-refractivity contribution in [3.8, 4) is 5.75 Å². The molecule has 0 unspecified atom stereocenters. The number of ether oxygens (including phenoxy) is 1. The minimum Gasteiger partial charge on any atom is -0.492 e. The summed E-state index contributed by atoms with van der Waals surface area (Å²) in [7, 11) is 1.93. The SMILES string of the molecule is CNCc1cnccc1OCCN(C(C)C)C(C)C. The van der Waals surface area contributed by atoms with Crippen LogP contribution in [0.2, 0.25) is 0 Å². The molecule has 1 rings (SSSR count). The number of rotatable bonds is 8. The lowest BCUT2D eigenvalue weighted by Gasteiger charge is -2.30. The summed E-state index contributed by atoms with van der Waals surface area (Å²) in [4.78, 5) is 6.56. The maximum absolute atomic E-state index is 5.90. The van der Waals surface area contributed by atoms with Crippen molar-refractivity contribution in [2.24, 2.45) is 0 Å². The van der Waals surface area contributed by atoms with Crippen LogP contribution in [-0.2, 0) is 6.54 Å². The first kappa shape index (κ1) is 15.9. The molecule has 0 fully saturated rings. The Bertz CT molecular complexity index is 358. The topological polar surface area (TPSA) is 37.4 Å². The standard InChI is InChI=1S/C15H27N3O/c1-12(2)18(13(3)4)8-9-19-15-6-7-17-11-14(15)10-16-5/h6-7,11-13,16H,8-10H2,1-5H3. The van der Waals surface area contributed by atoms with E-state index in [1.807, 2.05) is 19.3 Å². The summed E-state index contributed by atoms with van der Waals surface area (Å²) in [5.41, 5.74) is 1.10. The van der Waals surface area contributed by atoms with E-state index < -0.39 is 0 Å². The molecule has 0 saturated heterocycles. The Morgan fingerprint density at radius 3 is 2.53 bits per heavy atom. The van der Waals surface area contributed by atoms with E-state index in [0.717, 1.165) is 24.4 Å². The number of nitrogens with one attached hydrogen (secondary N) is 1. The second-order valence-corrected chi connectivity index (χ2v) is 5.29. The Labute approximate surface area is 117 Å². The molecule has 4 heteroatoms. The highest BCUT2D eigenvalue weighted by molar-refractivity contribution is 5.29. The zero-order chi connectivity index (χ0) is 14.3. The lowest BCUT2D eigenvalue weighted by atomic mass is 10.2. The van der Waals surface area contributed by atoms with Crippen LogP contribution in [-0.4, -0.2) is 42.2 Å². The van der Waals surface area contributed by atoms with Crippen molar-refractivity contribution in [2.45, 2.75) is 46.3 Å². The molecule has 0 aliphatic rings. The average Bonchev–Trinajstić information content (AvgIpc) is 2.35. The van der Waals surface area contributed by atoms with Crippen LogP contribution in [0.5, 0.6) is 5.75 Å². The molecule has 0 atom stereocenters. The molecule has 4 nitrogen and oxygen atoms in total. The molecule has 0 aliphatic heterocycles. The highest BCUT2D eigenvalue weighted by atomic mass is 16.5. The minimum absolute atomic E-state index is 0.540. The van der Waals surface area contributed by atoms with Gasteiger partial charge in [-0.3, -0.25) is 9.88 Å². The summed E-state index contributed by atoms with van der Waals surface area (Å²) in [6, 6.07) is 3.01. The van der Waals surface area contributed by atoms with Gasteiger partial charge in [0.25, 0.3) is 0 Å². The van der Waals surface area contributed by atoms with Gasteiger partial charge in [-0.05, 0) is 40.8 Å². The third-order valence-corrected chi connectivity index (χ3v) is 3.16. The Morgan fingerprint density at radius 1 is 1.26 bits per heavy atom. The summed E-state index contributed by atoms with van der Waals surface area (Å²) < 4.78 is 5.90. The Morgan fingerprint density at radius 2 is 1.95 bits per heavy atom. The van der Waals surface area contributed by atoms with Crippen molar-refractivity contribution < 1.29 is 4.74 Å². The lowest BCUT2D eigenvalue weighted by Crippen LogP contribution is -2.39. The smallest absolute Gasteiger partial charge is 0.126 e. The van der Waals surface area contributed by atoms with E-state index in [1.165, 1.54) is 0 Å². The van der Waals surface area contributed by atoms with Crippen LogP contribution in [0.1, 0.15) is 33.3 Å². The van der Waals surface area contributed by atoms with Crippen molar-refractivity contribution in [3.05, 3.63) is 24.0 Å².